The molecule has 0 heterocycles. The zero-order valence-corrected chi connectivity index (χ0v) is 12.0. The van der Waals surface area contributed by atoms with Gasteiger partial charge in [0.25, 0.3) is 0 Å². The number of carboxylic acid groups (broad SMARTS) is 1. The minimum absolute atomic E-state index is 0.309. The summed E-state index contributed by atoms with van der Waals surface area (Å²) in [7, 11) is 3.06. The number of methoxy groups -OCH3 is 2. The SMILES string of the molecule is COc1ccc(C(NC(C)(C)C)C(=O)O)cc1OC. The Hall–Kier alpha value is -1.75. The van der Waals surface area contributed by atoms with E-state index in [0.717, 1.165) is 0 Å². The first-order chi connectivity index (χ1) is 8.78. The topological polar surface area (TPSA) is 67.8 Å². The van der Waals surface area contributed by atoms with E-state index in [1.165, 1.54) is 7.11 Å². The van der Waals surface area contributed by atoms with Crippen LogP contribution in [0.5, 0.6) is 11.5 Å². The zero-order chi connectivity index (χ0) is 14.6. The molecule has 1 rings (SSSR count). The predicted octanol–water partition coefficient (Wildman–Crippen LogP) is 2.22. The van der Waals surface area contributed by atoms with Crippen molar-refractivity contribution < 1.29 is 19.4 Å². The Labute approximate surface area is 113 Å². The molecule has 0 aromatic heterocycles. The molecule has 1 atom stereocenters. The number of rotatable bonds is 5. The van der Waals surface area contributed by atoms with E-state index in [1.807, 2.05) is 20.8 Å². The van der Waals surface area contributed by atoms with Crippen molar-refractivity contribution in [2.75, 3.05) is 14.2 Å². The van der Waals surface area contributed by atoms with E-state index >= 15 is 0 Å². The second-order valence-electron chi connectivity index (χ2n) is 5.28. The molecular formula is C14H21NO4. The first-order valence-electron chi connectivity index (χ1n) is 6.01. The Morgan fingerprint density at radius 2 is 1.79 bits per heavy atom. The van der Waals surface area contributed by atoms with Crippen LogP contribution in [-0.4, -0.2) is 30.8 Å². The highest BCUT2D eigenvalue weighted by Gasteiger charge is 2.25. The number of ether oxygens (including phenoxy) is 2. The van der Waals surface area contributed by atoms with Gasteiger partial charge >= 0.3 is 5.97 Å². The van der Waals surface area contributed by atoms with Gasteiger partial charge in [0.2, 0.25) is 0 Å². The third-order valence-electron chi connectivity index (χ3n) is 2.57. The van der Waals surface area contributed by atoms with Crippen molar-refractivity contribution in [3.63, 3.8) is 0 Å². The van der Waals surface area contributed by atoms with Crippen LogP contribution in [0.15, 0.2) is 18.2 Å². The van der Waals surface area contributed by atoms with Crippen molar-refractivity contribution in [1.82, 2.24) is 5.32 Å². The maximum atomic E-state index is 11.4. The molecule has 0 spiro atoms. The van der Waals surface area contributed by atoms with Crippen LogP contribution in [0.2, 0.25) is 0 Å². The number of carbonyl (C=O) groups is 1. The van der Waals surface area contributed by atoms with Crippen molar-refractivity contribution in [2.24, 2.45) is 0 Å². The van der Waals surface area contributed by atoms with Gasteiger partial charge < -0.3 is 14.6 Å². The normalized spacial score (nSPS) is 12.9. The van der Waals surface area contributed by atoms with Crippen molar-refractivity contribution >= 4 is 5.97 Å². The van der Waals surface area contributed by atoms with Gasteiger partial charge in [-0.1, -0.05) is 6.07 Å². The van der Waals surface area contributed by atoms with Crippen molar-refractivity contribution in [3.05, 3.63) is 23.8 Å². The summed E-state index contributed by atoms with van der Waals surface area (Å²) in [6.45, 7) is 5.76. The fraction of sp³-hybridized carbons (Fsp3) is 0.500. The maximum absolute atomic E-state index is 11.4. The minimum Gasteiger partial charge on any atom is -0.493 e. The Bertz CT molecular complexity index is 451. The molecule has 1 unspecified atom stereocenters. The van der Waals surface area contributed by atoms with Gasteiger partial charge in [-0.3, -0.25) is 10.1 Å². The third kappa shape index (κ3) is 4.13. The first kappa shape index (κ1) is 15.3. The van der Waals surface area contributed by atoms with E-state index in [1.54, 1.807) is 25.3 Å². The second-order valence-corrected chi connectivity index (χ2v) is 5.28. The molecule has 19 heavy (non-hydrogen) atoms. The molecule has 1 aromatic rings. The minimum atomic E-state index is -0.929. The van der Waals surface area contributed by atoms with Gasteiger partial charge in [-0.15, -0.1) is 0 Å². The molecule has 106 valence electrons. The van der Waals surface area contributed by atoms with Crippen LogP contribution in [0, 0.1) is 0 Å². The molecule has 0 aliphatic heterocycles. The zero-order valence-electron chi connectivity index (χ0n) is 12.0. The lowest BCUT2D eigenvalue weighted by Crippen LogP contribution is -2.42. The maximum Gasteiger partial charge on any atom is 0.325 e. The average Bonchev–Trinajstić information content (AvgIpc) is 2.33. The van der Waals surface area contributed by atoms with E-state index in [-0.39, 0.29) is 5.54 Å². The number of aliphatic carboxylic acids is 1. The van der Waals surface area contributed by atoms with Crippen molar-refractivity contribution in [2.45, 2.75) is 32.4 Å². The van der Waals surface area contributed by atoms with Gasteiger partial charge in [-0.2, -0.15) is 0 Å². The summed E-state index contributed by atoms with van der Waals surface area (Å²) in [5.74, 6) is 0.162. The largest absolute Gasteiger partial charge is 0.493 e. The quantitative estimate of drug-likeness (QED) is 0.856. The molecule has 1 aromatic carbocycles. The van der Waals surface area contributed by atoms with E-state index in [4.69, 9.17) is 9.47 Å². The highest BCUT2D eigenvalue weighted by molar-refractivity contribution is 5.76. The van der Waals surface area contributed by atoms with Gasteiger partial charge in [0.1, 0.15) is 6.04 Å². The molecule has 0 bridgehead atoms. The fourth-order valence-electron chi connectivity index (χ4n) is 1.75. The summed E-state index contributed by atoms with van der Waals surface area (Å²) in [5.41, 5.74) is 0.316. The number of carboxylic acids is 1. The summed E-state index contributed by atoms with van der Waals surface area (Å²) in [4.78, 5) is 11.4. The summed E-state index contributed by atoms with van der Waals surface area (Å²) in [6, 6.07) is 4.31. The fourth-order valence-corrected chi connectivity index (χ4v) is 1.75. The lowest BCUT2D eigenvalue weighted by Gasteiger charge is -2.26. The smallest absolute Gasteiger partial charge is 0.325 e. The van der Waals surface area contributed by atoms with Crippen molar-refractivity contribution in [1.29, 1.82) is 0 Å². The van der Waals surface area contributed by atoms with Crippen LogP contribution < -0.4 is 14.8 Å². The molecule has 0 radical (unpaired) electrons. The Morgan fingerprint density at radius 1 is 1.21 bits per heavy atom. The van der Waals surface area contributed by atoms with Crippen LogP contribution >= 0.6 is 0 Å². The standard InChI is InChI=1S/C14H21NO4/c1-14(2,3)15-12(13(16)17)9-6-7-10(18-4)11(8-9)19-5/h6-8,12,15H,1-5H3,(H,16,17). The van der Waals surface area contributed by atoms with Gasteiger partial charge in [-0.25, -0.2) is 0 Å². The predicted molar refractivity (Wildman–Crippen MR) is 72.8 cm³/mol. The Morgan fingerprint density at radius 3 is 2.21 bits per heavy atom. The molecule has 0 saturated heterocycles. The highest BCUT2D eigenvalue weighted by Crippen LogP contribution is 2.30. The molecular weight excluding hydrogens is 246 g/mol. The van der Waals surface area contributed by atoms with Crippen LogP contribution in [-0.2, 0) is 4.79 Å². The number of hydrogen-bond donors (Lipinski definition) is 2. The van der Waals surface area contributed by atoms with Crippen LogP contribution in [0.3, 0.4) is 0 Å². The van der Waals surface area contributed by atoms with Gasteiger partial charge in [0, 0.05) is 5.54 Å². The second kappa shape index (κ2) is 5.93. The van der Waals surface area contributed by atoms with Gasteiger partial charge in [0.05, 0.1) is 14.2 Å². The summed E-state index contributed by atoms with van der Waals surface area (Å²) in [5, 5.41) is 12.4. The van der Waals surface area contributed by atoms with Crippen LogP contribution in [0.1, 0.15) is 32.4 Å². The summed E-state index contributed by atoms with van der Waals surface area (Å²) >= 11 is 0. The van der Waals surface area contributed by atoms with E-state index in [0.29, 0.717) is 17.1 Å². The number of benzene rings is 1. The molecule has 2 N–H and O–H groups in total. The molecule has 0 aliphatic rings. The van der Waals surface area contributed by atoms with Crippen LogP contribution in [0.4, 0.5) is 0 Å². The Balaban J connectivity index is 3.13. The van der Waals surface area contributed by atoms with E-state index < -0.39 is 12.0 Å². The molecule has 5 heteroatoms. The molecule has 0 fully saturated rings. The number of hydrogen-bond acceptors (Lipinski definition) is 4. The van der Waals surface area contributed by atoms with Gasteiger partial charge in [0.15, 0.2) is 11.5 Å². The van der Waals surface area contributed by atoms with Gasteiger partial charge in [-0.05, 0) is 38.5 Å². The summed E-state index contributed by atoms with van der Waals surface area (Å²) < 4.78 is 10.3. The third-order valence-corrected chi connectivity index (χ3v) is 2.57. The lowest BCUT2D eigenvalue weighted by atomic mass is 10.0. The molecule has 5 nitrogen and oxygen atoms in total. The Kier molecular flexibility index (Phi) is 4.78. The number of nitrogens with one attached hydrogen (secondary N) is 1. The first-order valence-corrected chi connectivity index (χ1v) is 6.01. The summed E-state index contributed by atoms with van der Waals surface area (Å²) in [6.07, 6.45) is 0. The van der Waals surface area contributed by atoms with Crippen LogP contribution in [0.25, 0.3) is 0 Å². The monoisotopic (exact) mass is 267 g/mol. The molecule has 0 saturated carbocycles. The average molecular weight is 267 g/mol. The highest BCUT2D eigenvalue weighted by atomic mass is 16.5. The van der Waals surface area contributed by atoms with E-state index in [9.17, 15) is 9.90 Å². The molecule has 0 aliphatic carbocycles. The molecule has 0 amide bonds. The van der Waals surface area contributed by atoms with Crippen molar-refractivity contribution in [3.8, 4) is 11.5 Å². The lowest BCUT2D eigenvalue weighted by molar-refractivity contribution is -0.140. The van der Waals surface area contributed by atoms with E-state index in [2.05, 4.69) is 5.32 Å².